The molecule has 0 radical (unpaired) electrons. The fourth-order valence-corrected chi connectivity index (χ4v) is 3.40. The molecule has 2 aromatic carbocycles. The van der Waals surface area contributed by atoms with Crippen LogP contribution < -0.4 is 5.32 Å². The summed E-state index contributed by atoms with van der Waals surface area (Å²) in [6.45, 7) is 5.60. The maximum atomic E-state index is 12.3. The van der Waals surface area contributed by atoms with Crippen molar-refractivity contribution in [1.82, 2.24) is 19.8 Å². The zero-order valence-corrected chi connectivity index (χ0v) is 18.0. The van der Waals surface area contributed by atoms with Crippen molar-refractivity contribution in [2.45, 2.75) is 19.9 Å². The van der Waals surface area contributed by atoms with Crippen LogP contribution in [-0.2, 0) is 0 Å². The largest absolute Gasteiger partial charge is 0.351 e. The summed E-state index contributed by atoms with van der Waals surface area (Å²) in [7, 11) is 3.95. The molecule has 1 aromatic heterocycles. The summed E-state index contributed by atoms with van der Waals surface area (Å²) in [5, 5.41) is 3.91. The number of hydrogen-bond donors (Lipinski definition) is 1. The molecule has 3 rings (SSSR count). The van der Waals surface area contributed by atoms with Crippen LogP contribution in [0.25, 0.3) is 22.4 Å². The number of hydrogen-bond acceptors (Lipinski definition) is 3. The summed E-state index contributed by atoms with van der Waals surface area (Å²) < 4.78 is 2.13. The van der Waals surface area contributed by atoms with E-state index < -0.39 is 0 Å². The van der Waals surface area contributed by atoms with Gasteiger partial charge in [-0.2, -0.15) is 0 Å². The normalized spacial score (nSPS) is 11.6. The molecule has 5 nitrogen and oxygen atoms in total. The maximum absolute atomic E-state index is 12.3. The van der Waals surface area contributed by atoms with E-state index in [0.717, 1.165) is 29.0 Å². The van der Waals surface area contributed by atoms with Crippen molar-refractivity contribution in [1.29, 1.82) is 0 Å². The molecule has 1 N–H and O–H groups in total. The highest BCUT2D eigenvalue weighted by Crippen LogP contribution is 2.33. The number of aromatic nitrogens is 2. The van der Waals surface area contributed by atoms with Crippen LogP contribution in [0, 0.1) is 0 Å². The van der Waals surface area contributed by atoms with Crippen molar-refractivity contribution in [3.8, 4) is 11.4 Å². The second-order valence-electron chi connectivity index (χ2n) is 7.29. The number of carbonyl (C=O) groups is 1. The summed E-state index contributed by atoms with van der Waals surface area (Å²) >= 11 is 12.4. The van der Waals surface area contributed by atoms with Crippen LogP contribution in [0.5, 0.6) is 0 Å². The average molecular weight is 419 g/mol. The monoisotopic (exact) mass is 418 g/mol. The molecule has 1 heterocycles. The van der Waals surface area contributed by atoms with Gasteiger partial charge in [0.25, 0.3) is 5.91 Å². The molecule has 0 aliphatic rings. The van der Waals surface area contributed by atoms with Gasteiger partial charge < -0.3 is 14.8 Å². The van der Waals surface area contributed by atoms with E-state index in [9.17, 15) is 4.79 Å². The van der Waals surface area contributed by atoms with Crippen LogP contribution in [0.3, 0.4) is 0 Å². The predicted octanol–water partition coefficient (Wildman–Crippen LogP) is 4.88. The fraction of sp³-hybridized carbons (Fsp3) is 0.333. The Balaban J connectivity index is 1.92. The lowest BCUT2D eigenvalue weighted by molar-refractivity contribution is 0.0951. The average Bonchev–Trinajstić information content (AvgIpc) is 3.00. The molecule has 7 heteroatoms. The van der Waals surface area contributed by atoms with Crippen LogP contribution in [0.1, 0.15) is 30.2 Å². The van der Waals surface area contributed by atoms with Gasteiger partial charge in [0.1, 0.15) is 5.82 Å². The van der Waals surface area contributed by atoms with E-state index in [2.05, 4.69) is 23.7 Å². The van der Waals surface area contributed by atoms with Crippen molar-refractivity contribution >= 4 is 40.1 Å². The maximum Gasteiger partial charge on any atom is 0.251 e. The first-order chi connectivity index (χ1) is 13.3. The number of amides is 1. The lowest BCUT2D eigenvalue weighted by Gasteiger charge is -2.14. The Kier molecular flexibility index (Phi) is 6.28. The van der Waals surface area contributed by atoms with Crippen LogP contribution in [-0.4, -0.2) is 47.5 Å². The fourth-order valence-electron chi connectivity index (χ4n) is 3.08. The van der Waals surface area contributed by atoms with Gasteiger partial charge in [0.15, 0.2) is 0 Å². The number of rotatable bonds is 6. The van der Waals surface area contributed by atoms with E-state index in [1.807, 2.05) is 49.3 Å². The van der Waals surface area contributed by atoms with Gasteiger partial charge in [-0.3, -0.25) is 4.79 Å². The first kappa shape index (κ1) is 20.6. The molecule has 0 saturated carbocycles. The van der Waals surface area contributed by atoms with Crippen molar-refractivity contribution in [3.63, 3.8) is 0 Å². The van der Waals surface area contributed by atoms with Gasteiger partial charge in [0, 0.05) is 30.3 Å². The van der Waals surface area contributed by atoms with Gasteiger partial charge in [-0.05, 0) is 52.2 Å². The second-order valence-corrected chi connectivity index (χ2v) is 8.11. The number of halogens is 2. The molecular weight excluding hydrogens is 395 g/mol. The lowest BCUT2D eigenvalue weighted by Crippen LogP contribution is -2.31. The van der Waals surface area contributed by atoms with Crippen molar-refractivity contribution in [3.05, 3.63) is 52.0 Å². The minimum atomic E-state index is -0.0793. The molecule has 3 aromatic rings. The molecule has 0 unspecified atom stereocenters. The SMILES string of the molecule is CC(C)n1c(-c2ccc(C(=O)NCCN(C)C)cc2)nc2cc(Cl)c(Cl)cc21. The Labute approximate surface area is 175 Å². The Hall–Kier alpha value is -2.08. The first-order valence-corrected chi connectivity index (χ1v) is 9.94. The zero-order chi connectivity index (χ0) is 20.4. The zero-order valence-electron chi connectivity index (χ0n) is 16.5. The van der Waals surface area contributed by atoms with E-state index >= 15 is 0 Å². The van der Waals surface area contributed by atoms with Crippen LogP contribution in [0.2, 0.25) is 10.0 Å². The summed E-state index contributed by atoms with van der Waals surface area (Å²) in [6.07, 6.45) is 0. The predicted molar refractivity (Wildman–Crippen MR) is 116 cm³/mol. The number of nitrogens with zero attached hydrogens (tertiary/aromatic N) is 3. The third-order valence-corrected chi connectivity index (χ3v) is 5.22. The molecule has 0 atom stereocenters. The highest BCUT2D eigenvalue weighted by atomic mass is 35.5. The highest BCUT2D eigenvalue weighted by Gasteiger charge is 2.17. The van der Waals surface area contributed by atoms with Crippen molar-refractivity contribution < 1.29 is 4.79 Å². The quantitative estimate of drug-likeness (QED) is 0.620. The molecule has 28 heavy (non-hydrogen) atoms. The smallest absolute Gasteiger partial charge is 0.251 e. The summed E-state index contributed by atoms with van der Waals surface area (Å²) in [5.74, 6) is 0.743. The number of carbonyl (C=O) groups excluding carboxylic acids is 1. The third-order valence-electron chi connectivity index (χ3n) is 4.50. The Morgan fingerprint density at radius 2 is 1.79 bits per heavy atom. The van der Waals surface area contributed by atoms with E-state index in [-0.39, 0.29) is 11.9 Å². The molecule has 148 valence electrons. The number of imidazole rings is 1. The van der Waals surface area contributed by atoms with Gasteiger partial charge in [-0.25, -0.2) is 4.98 Å². The van der Waals surface area contributed by atoms with Gasteiger partial charge in [0.05, 0.1) is 21.1 Å². The number of likely N-dealkylation sites (N-methyl/N-ethyl adjacent to an activating group) is 1. The Bertz CT molecular complexity index is 994. The number of nitrogens with one attached hydrogen (secondary N) is 1. The van der Waals surface area contributed by atoms with Gasteiger partial charge >= 0.3 is 0 Å². The summed E-state index contributed by atoms with van der Waals surface area (Å²) in [4.78, 5) is 19.1. The molecule has 1 amide bonds. The highest BCUT2D eigenvalue weighted by molar-refractivity contribution is 6.42. The van der Waals surface area contributed by atoms with Gasteiger partial charge in [0.2, 0.25) is 0 Å². The van der Waals surface area contributed by atoms with E-state index in [0.29, 0.717) is 22.2 Å². The van der Waals surface area contributed by atoms with Crippen LogP contribution in [0.15, 0.2) is 36.4 Å². The first-order valence-electron chi connectivity index (χ1n) is 9.18. The molecule has 0 aliphatic heterocycles. The summed E-state index contributed by atoms with van der Waals surface area (Å²) in [6, 6.07) is 11.3. The number of fused-ring (bicyclic) bond motifs is 1. The van der Waals surface area contributed by atoms with Gasteiger partial charge in [-0.1, -0.05) is 35.3 Å². The molecule has 0 saturated heterocycles. The van der Waals surface area contributed by atoms with Crippen molar-refractivity contribution in [2.75, 3.05) is 27.2 Å². The van der Waals surface area contributed by atoms with E-state index in [4.69, 9.17) is 28.2 Å². The minimum absolute atomic E-state index is 0.0793. The van der Waals surface area contributed by atoms with Crippen LogP contribution >= 0.6 is 23.2 Å². The Morgan fingerprint density at radius 3 is 2.39 bits per heavy atom. The number of benzene rings is 2. The molecule has 0 bridgehead atoms. The molecular formula is C21H24Cl2N4O. The standard InChI is InChI=1S/C21H24Cl2N4O/c1-13(2)27-19-12-17(23)16(22)11-18(19)25-20(27)14-5-7-15(8-6-14)21(28)24-9-10-26(3)4/h5-8,11-13H,9-10H2,1-4H3,(H,24,28). The van der Waals surface area contributed by atoms with Crippen molar-refractivity contribution in [2.24, 2.45) is 0 Å². The summed E-state index contributed by atoms with van der Waals surface area (Å²) in [5.41, 5.74) is 3.29. The molecule has 0 fully saturated rings. The minimum Gasteiger partial charge on any atom is -0.351 e. The topological polar surface area (TPSA) is 50.2 Å². The molecule has 0 spiro atoms. The van der Waals surface area contributed by atoms with Gasteiger partial charge in [-0.15, -0.1) is 0 Å². The third kappa shape index (κ3) is 4.32. The van der Waals surface area contributed by atoms with E-state index in [1.165, 1.54) is 0 Å². The second kappa shape index (κ2) is 8.52. The molecule has 0 aliphatic carbocycles. The Morgan fingerprint density at radius 1 is 1.14 bits per heavy atom. The lowest BCUT2D eigenvalue weighted by atomic mass is 10.1. The van der Waals surface area contributed by atoms with E-state index in [1.54, 1.807) is 6.07 Å². The van der Waals surface area contributed by atoms with Crippen LogP contribution in [0.4, 0.5) is 0 Å².